The minimum Gasteiger partial charge on any atom is -0.385 e. The normalized spacial score (nSPS) is 10.9. The summed E-state index contributed by atoms with van der Waals surface area (Å²) in [5, 5.41) is 3.45. The second-order valence-corrected chi connectivity index (χ2v) is 8.42. The van der Waals surface area contributed by atoms with E-state index in [2.05, 4.69) is 139 Å². The lowest BCUT2D eigenvalue weighted by Crippen LogP contribution is -2.01. The first kappa shape index (κ1) is 21.8. The maximum atomic E-state index is 3.45. The van der Waals surface area contributed by atoms with E-state index in [1.54, 1.807) is 0 Å². The van der Waals surface area contributed by atoms with Crippen LogP contribution in [0.4, 0.5) is 5.69 Å². The van der Waals surface area contributed by atoms with Crippen molar-refractivity contribution < 1.29 is 0 Å². The summed E-state index contributed by atoms with van der Waals surface area (Å²) >= 11 is 0. The maximum Gasteiger partial charge on any atom is 0.0564 e. The zero-order valence-corrected chi connectivity index (χ0v) is 19.8. The van der Waals surface area contributed by atoms with E-state index in [0.29, 0.717) is 0 Å². The summed E-state index contributed by atoms with van der Waals surface area (Å²) in [7, 11) is 0. The molecular formula is C32H30N2. The number of nitrogens with one attached hydrogen (secondary N) is 1. The molecule has 1 heterocycles. The van der Waals surface area contributed by atoms with Gasteiger partial charge in [0.25, 0.3) is 0 Å². The van der Waals surface area contributed by atoms with Crippen LogP contribution in [0.15, 0.2) is 115 Å². The van der Waals surface area contributed by atoms with Gasteiger partial charge in [0.15, 0.2) is 0 Å². The Morgan fingerprint density at radius 3 is 1.85 bits per heavy atom. The van der Waals surface area contributed by atoms with E-state index in [1.807, 2.05) is 0 Å². The van der Waals surface area contributed by atoms with E-state index in [9.17, 15) is 0 Å². The quantitative estimate of drug-likeness (QED) is 0.267. The first-order valence-electron chi connectivity index (χ1n) is 12.1. The van der Waals surface area contributed by atoms with Gasteiger partial charge >= 0.3 is 0 Å². The van der Waals surface area contributed by atoms with Crippen LogP contribution in [0.25, 0.3) is 44.8 Å². The Morgan fingerprint density at radius 1 is 0.559 bits per heavy atom. The zero-order valence-electron chi connectivity index (χ0n) is 19.8. The monoisotopic (exact) mass is 442 g/mol. The van der Waals surface area contributed by atoms with Crippen molar-refractivity contribution >= 4 is 5.69 Å². The molecule has 0 aliphatic heterocycles. The van der Waals surface area contributed by atoms with E-state index in [0.717, 1.165) is 18.8 Å². The molecule has 0 radical (unpaired) electrons. The van der Waals surface area contributed by atoms with Gasteiger partial charge in [0.1, 0.15) is 0 Å². The Balaban J connectivity index is 1.75. The average Bonchev–Trinajstić information content (AvgIpc) is 3.30. The number of hydrogen-bond acceptors (Lipinski definition) is 1. The fourth-order valence-electron chi connectivity index (χ4n) is 4.80. The van der Waals surface area contributed by atoms with Crippen molar-refractivity contribution in [1.82, 2.24) is 4.57 Å². The van der Waals surface area contributed by atoms with Gasteiger partial charge in [0, 0.05) is 35.6 Å². The van der Waals surface area contributed by atoms with Crippen molar-refractivity contribution in [2.24, 2.45) is 0 Å². The molecule has 34 heavy (non-hydrogen) atoms. The van der Waals surface area contributed by atoms with E-state index in [4.69, 9.17) is 0 Å². The highest BCUT2D eigenvalue weighted by molar-refractivity contribution is 5.91. The molecule has 2 heteroatoms. The third kappa shape index (κ3) is 4.15. The fourth-order valence-corrected chi connectivity index (χ4v) is 4.80. The Hall–Kier alpha value is -4.04. The van der Waals surface area contributed by atoms with Crippen LogP contribution < -0.4 is 5.32 Å². The van der Waals surface area contributed by atoms with Gasteiger partial charge < -0.3 is 9.88 Å². The molecular weight excluding hydrogens is 412 g/mol. The summed E-state index contributed by atoms with van der Waals surface area (Å²) in [4.78, 5) is 0. The van der Waals surface area contributed by atoms with Crippen LogP contribution in [0.1, 0.15) is 13.8 Å². The molecule has 0 fully saturated rings. The first-order valence-corrected chi connectivity index (χ1v) is 12.1. The summed E-state index contributed by atoms with van der Waals surface area (Å²) < 4.78 is 2.46. The van der Waals surface area contributed by atoms with Crippen molar-refractivity contribution in [3.05, 3.63) is 115 Å². The molecule has 1 N–H and O–H groups in total. The van der Waals surface area contributed by atoms with Crippen molar-refractivity contribution in [2.45, 2.75) is 20.4 Å². The average molecular weight is 443 g/mol. The number of benzene rings is 4. The molecule has 4 aromatic carbocycles. The van der Waals surface area contributed by atoms with E-state index >= 15 is 0 Å². The summed E-state index contributed by atoms with van der Waals surface area (Å²) in [6.45, 7) is 6.16. The minimum atomic E-state index is 0.887. The predicted octanol–water partition coefficient (Wildman–Crippen LogP) is 8.61. The standard InChI is InChI=1S/C32H30N2/c1-3-33-27-19-13-18-26(22-27)28-20-11-12-21-29(28)31-23-30(24-14-7-5-8-15-24)32(34(31)4-2)25-16-9-6-10-17-25/h5-23,33H,3-4H2,1-2H3. The van der Waals surface area contributed by atoms with Crippen LogP contribution in [0, 0.1) is 0 Å². The Labute approximate surface area is 202 Å². The topological polar surface area (TPSA) is 17.0 Å². The van der Waals surface area contributed by atoms with Gasteiger partial charge in [-0.2, -0.15) is 0 Å². The van der Waals surface area contributed by atoms with Gasteiger partial charge in [-0.15, -0.1) is 0 Å². The van der Waals surface area contributed by atoms with Crippen molar-refractivity contribution in [3.8, 4) is 44.8 Å². The van der Waals surface area contributed by atoms with Gasteiger partial charge in [0.2, 0.25) is 0 Å². The summed E-state index contributed by atoms with van der Waals surface area (Å²) in [5.41, 5.74) is 11.1. The van der Waals surface area contributed by atoms with Crippen LogP contribution >= 0.6 is 0 Å². The van der Waals surface area contributed by atoms with Gasteiger partial charge in [-0.3, -0.25) is 0 Å². The van der Waals surface area contributed by atoms with Gasteiger partial charge in [-0.1, -0.05) is 97.1 Å². The van der Waals surface area contributed by atoms with E-state index < -0.39 is 0 Å². The molecule has 0 unspecified atom stereocenters. The van der Waals surface area contributed by atoms with E-state index in [-0.39, 0.29) is 0 Å². The molecule has 0 aliphatic carbocycles. The smallest absolute Gasteiger partial charge is 0.0564 e. The summed E-state index contributed by atoms with van der Waals surface area (Å²) in [6.07, 6.45) is 0. The molecule has 1 aromatic heterocycles. The maximum absolute atomic E-state index is 3.45. The van der Waals surface area contributed by atoms with Crippen LogP contribution in [-0.2, 0) is 6.54 Å². The van der Waals surface area contributed by atoms with Crippen molar-refractivity contribution in [3.63, 3.8) is 0 Å². The molecule has 5 aromatic rings. The number of rotatable bonds is 7. The molecule has 0 saturated carbocycles. The molecule has 168 valence electrons. The molecule has 0 aliphatic rings. The van der Waals surface area contributed by atoms with Gasteiger partial charge in [-0.25, -0.2) is 0 Å². The fraction of sp³-hybridized carbons (Fsp3) is 0.125. The first-order chi connectivity index (χ1) is 16.8. The van der Waals surface area contributed by atoms with E-state index in [1.165, 1.54) is 44.8 Å². The van der Waals surface area contributed by atoms with Crippen molar-refractivity contribution in [2.75, 3.05) is 11.9 Å². The summed E-state index contributed by atoms with van der Waals surface area (Å²) in [6, 6.07) is 41.3. The molecule has 0 atom stereocenters. The second kappa shape index (κ2) is 9.84. The highest BCUT2D eigenvalue weighted by Gasteiger charge is 2.20. The van der Waals surface area contributed by atoms with Crippen LogP contribution in [0.2, 0.25) is 0 Å². The SMILES string of the molecule is CCNc1cccc(-c2ccccc2-c2cc(-c3ccccc3)c(-c3ccccc3)n2CC)c1. The Morgan fingerprint density at radius 2 is 1.18 bits per heavy atom. The van der Waals surface area contributed by atoms with Gasteiger partial charge in [0.05, 0.1) is 5.69 Å². The largest absolute Gasteiger partial charge is 0.385 e. The molecule has 0 amide bonds. The number of hydrogen-bond donors (Lipinski definition) is 1. The lowest BCUT2D eigenvalue weighted by molar-refractivity contribution is 0.785. The minimum absolute atomic E-state index is 0.887. The summed E-state index contributed by atoms with van der Waals surface area (Å²) in [5.74, 6) is 0. The molecule has 0 bridgehead atoms. The molecule has 5 rings (SSSR count). The highest BCUT2D eigenvalue weighted by Crippen LogP contribution is 2.42. The van der Waals surface area contributed by atoms with Crippen molar-refractivity contribution in [1.29, 1.82) is 0 Å². The molecule has 2 nitrogen and oxygen atoms in total. The highest BCUT2D eigenvalue weighted by atomic mass is 15.0. The Kier molecular flexibility index (Phi) is 6.31. The van der Waals surface area contributed by atoms with Crippen LogP contribution in [0.3, 0.4) is 0 Å². The predicted molar refractivity (Wildman–Crippen MR) is 146 cm³/mol. The lowest BCUT2D eigenvalue weighted by Gasteiger charge is -2.16. The number of nitrogens with zero attached hydrogens (tertiary/aromatic N) is 1. The zero-order chi connectivity index (χ0) is 23.3. The third-order valence-electron chi connectivity index (χ3n) is 6.30. The molecule has 0 spiro atoms. The third-order valence-corrected chi connectivity index (χ3v) is 6.30. The number of aromatic nitrogens is 1. The molecule has 0 saturated heterocycles. The number of anilines is 1. The van der Waals surface area contributed by atoms with Crippen LogP contribution in [0.5, 0.6) is 0 Å². The van der Waals surface area contributed by atoms with Gasteiger partial charge in [-0.05, 0) is 54.3 Å². The second-order valence-electron chi connectivity index (χ2n) is 8.42. The Bertz CT molecular complexity index is 1380. The van der Waals surface area contributed by atoms with Crippen LogP contribution in [-0.4, -0.2) is 11.1 Å². The lowest BCUT2D eigenvalue weighted by atomic mass is 9.96.